The first kappa shape index (κ1) is 20.0. The summed E-state index contributed by atoms with van der Waals surface area (Å²) >= 11 is 1.53. The number of carbonyl (C=O) groups is 1. The number of thiophene rings is 1. The summed E-state index contributed by atoms with van der Waals surface area (Å²) in [4.78, 5) is 14.6. The van der Waals surface area contributed by atoms with Crippen molar-refractivity contribution < 1.29 is 13.2 Å². The molecule has 0 spiro atoms. The average molecular weight is 407 g/mol. The highest BCUT2D eigenvalue weighted by Gasteiger charge is 2.30. The third-order valence-electron chi connectivity index (χ3n) is 5.28. The van der Waals surface area contributed by atoms with Crippen LogP contribution in [-0.2, 0) is 22.9 Å². The van der Waals surface area contributed by atoms with Crippen molar-refractivity contribution >= 4 is 33.0 Å². The highest BCUT2D eigenvalue weighted by Crippen LogP contribution is 2.40. The van der Waals surface area contributed by atoms with Crippen LogP contribution in [-0.4, -0.2) is 14.3 Å². The molecule has 1 heterocycles. The van der Waals surface area contributed by atoms with Crippen molar-refractivity contribution in [3.05, 3.63) is 45.1 Å². The minimum Gasteiger partial charge on any atom is -0.321 e. The fourth-order valence-electron chi connectivity index (χ4n) is 3.55. The molecule has 2 aromatic rings. The van der Waals surface area contributed by atoms with Crippen LogP contribution in [0.2, 0.25) is 0 Å². The van der Waals surface area contributed by atoms with Gasteiger partial charge in [0.1, 0.15) is 0 Å². The Labute approximate surface area is 165 Å². The fourth-order valence-corrected chi connectivity index (χ4v) is 5.46. The summed E-state index contributed by atoms with van der Waals surface area (Å²) in [7, 11) is -3.83. The third-order valence-corrected chi connectivity index (χ3v) is 7.57. The highest BCUT2D eigenvalue weighted by atomic mass is 32.2. The number of rotatable bonds is 3. The molecule has 1 amide bonds. The maximum Gasteiger partial charge on any atom is 0.265 e. The van der Waals surface area contributed by atoms with Crippen molar-refractivity contribution in [3.8, 4) is 0 Å². The number of fused-ring (bicyclic) bond motifs is 1. The number of nitrogens with two attached hydrogens (primary N) is 1. The molecule has 1 aliphatic rings. The molecular formula is C20H26N2O3S2. The number of amides is 1. The Balaban J connectivity index is 1.80. The van der Waals surface area contributed by atoms with Gasteiger partial charge in [0.15, 0.2) is 0 Å². The van der Waals surface area contributed by atoms with Crippen LogP contribution in [0.4, 0.5) is 5.69 Å². The Hall–Kier alpha value is -1.70. The summed E-state index contributed by atoms with van der Waals surface area (Å²) in [5, 5.41) is 8.04. The lowest BCUT2D eigenvalue weighted by atomic mass is 9.72. The molecule has 0 radical (unpaired) electrons. The summed E-state index contributed by atoms with van der Waals surface area (Å²) in [6.07, 6.45) is 3.16. The number of anilines is 1. The molecule has 7 heteroatoms. The topological polar surface area (TPSA) is 89.3 Å². The number of primary sulfonamides is 1. The van der Waals surface area contributed by atoms with Gasteiger partial charge in [0.05, 0.1) is 9.77 Å². The van der Waals surface area contributed by atoms with Crippen molar-refractivity contribution in [2.75, 3.05) is 5.32 Å². The number of sulfonamides is 1. The van der Waals surface area contributed by atoms with E-state index in [2.05, 4.69) is 26.1 Å². The second-order valence-electron chi connectivity index (χ2n) is 8.34. The molecule has 1 aliphatic carbocycles. The van der Waals surface area contributed by atoms with Crippen LogP contribution in [0.3, 0.4) is 0 Å². The van der Waals surface area contributed by atoms with Crippen LogP contribution < -0.4 is 10.5 Å². The van der Waals surface area contributed by atoms with Gasteiger partial charge in [0.2, 0.25) is 10.0 Å². The molecule has 0 bridgehead atoms. The van der Waals surface area contributed by atoms with Gasteiger partial charge >= 0.3 is 0 Å². The van der Waals surface area contributed by atoms with Gasteiger partial charge < -0.3 is 5.32 Å². The zero-order chi connectivity index (χ0) is 20.0. The van der Waals surface area contributed by atoms with Crippen molar-refractivity contribution in [3.63, 3.8) is 0 Å². The predicted molar refractivity (Wildman–Crippen MR) is 110 cm³/mol. The summed E-state index contributed by atoms with van der Waals surface area (Å²) < 4.78 is 23.3. The Morgan fingerprint density at radius 2 is 1.96 bits per heavy atom. The van der Waals surface area contributed by atoms with Gasteiger partial charge in [-0.25, -0.2) is 13.6 Å². The number of carbonyl (C=O) groups excluding carboxylic acids is 1. The quantitative estimate of drug-likeness (QED) is 0.804. The molecule has 1 aromatic carbocycles. The first-order valence-corrected chi connectivity index (χ1v) is 11.4. The van der Waals surface area contributed by atoms with Crippen molar-refractivity contribution in [1.29, 1.82) is 0 Å². The molecule has 3 N–H and O–H groups in total. The van der Waals surface area contributed by atoms with E-state index in [9.17, 15) is 13.2 Å². The maximum absolute atomic E-state index is 12.7. The molecule has 3 rings (SSSR count). The van der Waals surface area contributed by atoms with Crippen LogP contribution in [0.5, 0.6) is 0 Å². The minimum atomic E-state index is -3.83. The number of hydrogen-bond donors (Lipinski definition) is 2. The standard InChI is InChI=1S/C20H26N2O3S2/c1-12-5-7-15(11-18(12)27(21,24)25)22-19(23)17-10-13-9-14(20(2,3)4)6-8-16(13)26-17/h5,7,10-11,14H,6,8-9H2,1-4H3,(H,22,23)(H2,21,24,25)/t14-/m1/s1. The van der Waals surface area contributed by atoms with Crippen molar-refractivity contribution in [2.45, 2.75) is 51.9 Å². The molecule has 0 fully saturated rings. The first-order chi connectivity index (χ1) is 12.4. The van der Waals surface area contributed by atoms with Crippen LogP contribution in [0.15, 0.2) is 29.2 Å². The van der Waals surface area contributed by atoms with Gasteiger partial charge in [-0.1, -0.05) is 26.8 Å². The zero-order valence-electron chi connectivity index (χ0n) is 16.1. The molecule has 1 atom stereocenters. The zero-order valence-corrected chi connectivity index (χ0v) is 17.8. The Bertz CT molecular complexity index is 985. The van der Waals surface area contributed by atoms with Gasteiger partial charge in [-0.15, -0.1) is 11.3 Å². The number of nitrogens with one attached hydrogen (secondary N) is 1. The van der Waals surface area contributed by atoms with Crippen molar-refractivity contribution in [1.82, 2.24) is 0 Å². The molecular weight excluding hydrogens is 380 g/mol. The summed E-state index contributed by atoms with van der Waals surface area (Å²) in [6, 6.07) is 6.72. The number of hydrogen-bond acceptors (Lipinski definition) is 4. The monoisotopic (exact) mass is 406 g/mol. The van der Waals surface area contributed by atoms with Gasteiger partial charge in [0.25, 0.3) is 5.91 Å². The molecule has 0 unspecified atom stereocenters. The van der Waals surface area contributed by atoms with E-state index in [-0.39, 0.29) is 16.2 Å². The van der Waals surface area contributed by atoms with Crippen molar-refractivity contribution in [2.24, 2.45) is 16.5 Å². The van der Waals surface area contributed by atoms with Gasteiger partial charge in [0, 0.05) is 10.6 Å². The van der Waals surface area contributed by atoms with E-state index in [0.717, 1.165) is 19.3 Å². The van der Waals surface area contributed by atoms with E-state index >= 15 is 0 Å². The number of benzene rings is 1. The van der Waals surface area contributed by atoms with E-state index in [1.807, 2.05) is 6.07 Å². The molecule has 0 aliphatic heterocycles. The smallest absolute Gasteiger partial charge is 0.265 e. The predicted octanol–water partition coefficient (Wildman–Crippen LogP) is 4.11. The van der Waals surface area contributed by atoms with Gasteiger partial charge in [-0.2, -0.15) is 0 Å². The molecule has 146 valence electrons. The Morgan fingerprint density at radius 3 is 2.59 bits per heavy atom. The van der Waals surface area contributed by atoms with Crippen LogP contribution in [0.1, 0.15) is 52.9 Å². The first-order valence-electron chi connectivity index (χ1n) is 9.01. The highest BCUT2D eigenvalue weighted by molar-refractivity contribution is 7.89. The number of aryl methyl sites for hydroxylation is 2. The van der Waals surface area contributed by atoms with E-state index in [1.165, 1.54) is 27.8 Å². The second-order valence-corrected chi connectivity index (χ2v) is 11.0. The minimum absolute atomic E-state index is 0.0267. The summed E-state index contributed by atoms with van der Waals surface area (Å²) in [5.41, 5.74) is 2.50. The van der Waals surface area contributed by atoms with Gasteiger partial charge in [-0.3, -0.25) is 4.79 Å². The van der Waals surface area contributed by atoms with Gasteiger partial charge in [-0.05, 0) is 66.8 Å². The Kier molecular flexibility index (Phi) is 5.22. The summed E-state index contributed by atoms with van der Waals surface area (Å²) in [5.74, 6) is 0.399. The third kappa shape index (κ3) is 4.42. The van der Waals surface area contributed by atoms with Crippen LogP contribution in [0, 0.1) is 18.3 Å². The van der Waals surface area contributed by atoms with Crippen LogP contribution >= 0.6 is 11.3 Å². The molecule has 1 aromatic heterocycles. The van der Waals surface area contributed by atoms with Crippen LogP contribution in [0.25, 0.3) is 0 Å². The van der Waals surface area contributed by atoms with E-state index < -0.39 is 10.0 Å². The lowest BCUT2D eigenvalue weighted by molar-refractivity contribution is 0.103. The largest absolute Gasteiger partial charge is 0.321 e. The second kappa shape index (κ2) is 7.04. The normalized spacial score (nSPS) is 17.4. The molecule has 5 nitrogen and oxygen atoms in total. The lowest BCUT2D eigenvalue weighted by Gasteiger charge is -2.33. The molecule has 0 saturated carbocycles. The summed E-state index contributed by atoms with van der Waals surface area (Å²) in [6.45, 7) is 8.47. The fraction of sp³-hybridized carbons (Fsp3) is 0.450. The maximum atomic E-state index is 12.7. The van der Waals surface area contributed by atoms with E-state index in [4.69, 9.17) is 5.14 Å². The average Bonchev–Trinajstić information content (AvgIpc) is 2.98. The van der Waals surface area contributed by atoms with E-state index in [1.54, 1.807) is 19.1 Å². The van der Waals surface area contributed by atoms with E-state index in [0.29, 0.717) is 22.0 Å². The molecule has 0 saturated heterocycles. The lowest BCUT2D eigenvalue weighted by Crippen LogP contribution is -2.26. The SMILES string of the molecule is Cc1ccc(NC(=O)c2cc3c(s2)CC[C@@H](C(C)(C)C)C3)cc1S(N)(=O)=O. The Morgan fingerprint density at radius 1 is 1.26 bits per heavy atom. The molecule has 27 heavy (non-hydrogen) atoms.